The lowest BCUT2D eigenvalue weighted by atomic mass is 10.1. The van der Waals surface area contributed by atoms with Crippen LogP contribution >= 0.6 is 0 Å². The van der Waals surface area contributed by atoms with E-state index in [0.717, 1.165) is 12.8 Å². The Morgan fingerprint density at radius 3 is 2.74 bits per heavy atom. The highest BCUT2D eigenvalue weighted by Crippen LogP contribution is 2.33. The van der Waals surface area contributed by atoms with Crippen LogP contribution in [0.25, 0.3) is 0 Å². The van der Waals surface area contributed by atoms with E-state index >= 15 is 0 Å². The summed E-state index contributed by atoms with van der Waals surface area (Å²) in [5.74, 6) is -0.385. The molecule has 3 heterocycles. The van der Waals surface area contributed by atoms with Crippen molar-refractivity contribution in [2.45, 2.75) is 25.8 Å². The first kappa shape index (κ1) is 30.0. The fourth-order valence-corrected chi connectivity index (χ4v) is 4.64. The van der Waals surface area contributed by atoms with Gasteiger partial charge >= 0.3 is 0 Å². The quantitative estimate of drug-likeness (QED) is 0.184. The van der Waals surface area contributed by atoms with Crippen LogP contribution in [0.4, 0.5) is 23.1 Å². The average Bonchev–Trinajstić information content (AvgIpc) is 3.46. The molecule has 14 heteroatoms. The van der Waals surface area contributed by atoms with Gasteiger partial charge in [-0.3, -0.25) is 19.1 Å². The summed E-state index contributed by atoms with van der Waals surface area (Å²) in [6, 6.07) is 3.31. The maximum absolute atomic E-state index is 12.6. The predicted molar refractivity (Wildman–Crippen MR) is 156 cm³/mol. The van der Waals surface area contributed by atoms with Crippen LogP contribution in [0.3, 0.4) is 0 Å². The monoisotopic (exact) mass is 577 g/mol. The first-order chi connectivity index (χ1) is 20.2. The van der Waals surface area contributed by atoms with Crippen molar-refractivity contribution in [3.8, 4) is 5.75 Å². The fourth-order valence-electron chi connectivity index (χ4n) is 4.64. The summed E-state index contributed by atoms with van der Waals surface area (Å²) < 4.78 is 12.3. The molecule has 0 spiro atoms. The number of hydrogen-bond donors (Lipinski definition) is 4. The van der Waals surface area contributed by atoms with Gasteiger partial charge in [0.15, 0.2) is 0 Å². The van der Waals surface area contributed by atoms with Gasteiger partial charge in [0.25, 0.3) is 11.8 Å². The van der Waals surface area contributed by atoms with E-state index in [1.165, 1.54) is 19.4 Å². The van der Waals surface area contributed by atoms with Gasteiger partial charge in [-0.15, -0.1) is 0 Å². The molecule has 0 unspecified atom stereocenters. The first-order valence-corrected chi connectivity index (χ1v) is 13.4. The number of ether oxygens (including phenoxy) is 2. The van der Waals surface area contributed by atoms with Crippen LogP contribution in [0.2, 0.25) is 0 Å². The number of nitrogens with one attached hydrogen (secondary N) is 3. The number of rotatable bonds is 12. The van der Waals surface area contributed by atoms with Gasteiger partial charge < -0.3 is 36.1 Å². The molecular formula is C28H35N9O5. The number of benzene rings is 1. The summed E-state index contributed by atoms with van der Waals surface area (Å²) >= 11 is 0. The van der Waals surface area contributed by atoms with Crippen LogP contribution in [0, 0.1) is 6.92 Å². The molecule has 3 amide bonds. The molecule has 42 heavy (non-hydrogen) atoms. The lowest BCUT2D eigenvalue weighted by Crippen LogP contribution is -2.39. The van der Waals surface area contributed by atoms with Gasteiger partial charge in [-0.2, -0.15) is 10.1 Å². The highest BCUT2D eigenvalue weighted by molar-refractivity contribution is 5.99. The zero-order valence-corrected chi connectivity index (χ0v) is 23.8. The number of nitrogens with two attached hydrogens (primary N) is 1. The van der Waals surface area contributed by atoms with Gasteiger partial charge in [0.1, 0.15) is 17.1 Å². The van der Waals surface area contributed by atoms with E-state index in [9.17, 15) is 14.4 Å². The Labute approximate surface area is 243 Å². The van der Waals surface area contributed by atoms with Crippen molar-refractivity contribution < 1.29 is 23.9 Å². The maximum atomic E-state index is 12.6. The van der Waals surface area contributed by atoms with E-state index in [-0.39, 0.29) is 35.2 Å². The van der Waals surface area contributed by atoms with Crippen LogP contribution in [0.15, 0.2) is 43.4 Å². The highest BCUT2D eigenvalue weighted by Gasteiger charge is 2.24. The Bertz CT molecular complexity index is 1470. The number of likely N-dealkylation sites (tertiary alicyclic amines) is 1. The van der Waals surface area contributed by atoms with Crippen molar-refractivity contribution in [1.82, 2.24) is 30.0 Å². The fraction of sp³-hybridized carbons (Fsp3) is 0.357. The molecule has 0 saturated carbocycles. The van der Waals surface area contributed by atoms with Crippen molar-refractivity contribution in [3.05, 3.63) is 60.1 Å². The third-order valence-corrected chi connectivity index (χ3v) is 6.79. The summed E-state index contributed by atoms with van der Waals surface area (Å²) in [5.41, 5.74) is 7.87. The summed E-state index contributed by atoms with van der Waals surface area (Å²) in [6.07, 6.45) is 7.84. The van der Waals surface area contributed by atoms with Crippen molar-refractivity contribution in [3.63, 3.8) is 0 Å². The second-order valence-electron chi connectivity index (χ2n) is 9.68. The molecule has 1 aromatic carbocycles. The molecule has 1 atom stereocenters. The number of piperidine rings is 1. The number of methoxy groups -OCH3 is 2. The first-order valence-electron chi connectivity index (χ1n) is 13.4. The van der Waals surface area contributed by atoms with Crippen LogP contribution < -0.4 is 26.4 Å². The van der Waals surface area contributed by atoms with Crippen LogP contribution in [0.1, 0.15) is 45.2 Å². The molecule has 14 nitrogen and oxygen atoms in total. The normalized spacial score (nSPS) is 14.6. The summed E-state index contributed by atoms with van der Waals surface area (Å²) in [7, 11) is 3.03. The van der Waals surface area contributed by atoms with Gasteiger partial charge in [-0.05, 0) is 43.5 Å². The second kappa shape index (κ2) is 13.6. The molecule has 0 aliphatic carbocycles. The molecule has 0 bridgehead atoms. The zero-order chi connectivity index (χ0) is 30.2. The van der Waals surface area contributed by atoms with Crippen molar-refractivity contribution in [2.24, 2.45) is 5.73 Å². The molecule has 1 saturated heterocycles. The molecule has 0 radical (unpaired) electrons. The van der Waals surface area contributed by atoms with Gasteiger partial charge in [0.2, 0.25) is 11.9 Å². The Morgan fingerprint density at radius 2 is 2.02 bits per heavy atom. The van der Waals surface area contributed by atoms with Crippen LogP contribution in [-0.4, -0.2) is 82.8 Å². The van der Waals surface area contributed by atoms with E-state index < -0.39 is 5.91 Å². The number of primary amides is 1. The molecule has 4 rings (SSSR count). The number of amides is 3. The van der Waals surface area contributed by atoms with Gasteiger partial charge in [0.05, 0.1) is 37.3 Å². The highest BCUT2D eigenvalue weighted by atomic mass is 16.5. The lowest BCUT2D eigenvalue weighted by molar-refractivity contribution is -0.127. The van der Waals surface area contributed by atoms with Crippen molar-refractivity contribution >= 4 is 40.9 Å². The zero-order valence-electron chi connectivity index (χ0n) is 23.8. The molecule has 1 aliphatic rings. The Morgan fingerprint density at radius 1 is 1.21 bits per heavy atom. The van der Waals surface area contributed by atoms with Gasteiger partial charge in [0, 0.05) is 44.7 Å². The molecule has 1 aliphatic heterocycles. The van der Waals surface area contributed by atoms with E-state index in [4.69, 9.17) is 15.2 Å². The Kier molecular flexibility index (Phi) is 9.70. The molecule has 1 fully saturated rings. The largest absolute Gasteiger partial charge is 0.495 e. The SMILES string of the molecule is C=CC(=O)N1CCC[C@H](n2cc(Nc3ncc(C(N)=O)c(Nc4c(C)cc(C(=O)NCCOC)cc4OC)n3)cn2)C1. The van der Waals surface area contributed by atoms with Gasteiger partial charge in [-0.25, -0.2) is 4.98 Å². The number of aryl methyl sites for hydroxylation is 1. The molecule has 222 valence electrons. The number of nitrogens with zero attached hydrogens (tertiary/aromatic N) is 5. The van der Waals surface area contributed by atoms with E-state index in [2.05, 4.69) is 37.6 Å². The van der Waals surface area contributed by atoms with Gasteiger partial charge in [-0.1, -0.05) is 6.58 Å². The van der Waals surface area contributed by atoms with Crippen LogP contribution in [0.5, 0.6) is 5.75 Å². The minimum Gasteiger partial charge on any atom is -0.495 e. The molecular weight excluding hydrogens is 542 g/mol. The summed E-state index contributed by atoms with van der Waals surface area (Å²) in [4.78, 5) is 47.3. The molecule has 5 N–H and O–H groups in total. The van der Waals surface area contributed by atoms with E-state index in [1.807, 2.05) is 10.9 Å². The van der Waals surface area contributed by atoms with E-state index in [1.54, 1.807) is 37.3 Å². The standard InChI is InChI=1S/C28H35N9O5/c1-5-23(38)36-9-6-7-20(16-36)37-15-19(13-32-37)33-28-31-14-21(25(29)39)26(35-28)34-24-17(2)11-18(12-22(24)42-4)27(40)30-8-10-41-3/h5,11-15,20H,1,6-10,16H2,2-4H3,(H2,29,39)(H,30,40)(H2,31,33,34,35)/t20-/m0/s1. The Balaban J connectivity index is 1.55. The minimum atomic E-state index is -0.724. The molecule has 3 aromatic rings. The third-order valence-electron chi connectivity index (χ3n) is 6.79. The second-order valence-corrected chi connectivity index (χ2v) is 9.68. The minimum absolute atomic E-state index is 0.0223. The maximum Gasteiger partial charge on any atom is 0.254 e. The number of hydrogen-bond acceptors (Lipinski definition) is 10. The summed E-state index contributed by atoms with van der Waals surface area (Å²) in [5, 5.41) is 13.5. The average molecular weight is 578 g/mol. The number of aromatic nitrogens is 4. The topological polar surface area (TPSA) is 179 Å². The molecule has 2 aromatic heterocycles. The van der Waals surface area contributed by atoms with Crippen molar-refractivity contribution in [2.75, 3.05) is 51.1 Å². The van der Waals surface area contributed by atoms with E-state index in [0.29, 0.717) is 54.5 Å². The number of carbonyl (C=O) groups excluding carboxylic acids is 3. The third kappa shape index (κ3) is 7.01. The number of anilines is 4. The van der Waals surface area contributed by atoms with Crippen LogP contribution in [-0.2, 0) is 9.53 Å². The lowest BCUT2D eigenvalue weighted by Gasteiger charge is -2.32. The van der Waals surface area contributed by atoms with Crippen molar-refractivity contribution in [1.29, 1.82) is 0 Å². The number of carbonyl (C=O) groups is 3. The predicted octanol–water partition coefficient (Wildman–Crippen LogP) is 2.30. The Hall–Kier alpha value is -4.98. The summed E-state index contributed by atoms with van der Waals surface area (Å²) in [6.45, 7) is 7.35. The smallest absolute Gasteiger partial charge is 0.254 e.